The van der Waals surface area contributed by atoms with Gasteiger partial charge in [0, 0.05) is 16.5 Å². The first-order chi connectivity index (χ1) is 35.2. The summed E-state index contributed by atoms with van der Waals surface area (Å²) in [5.41, 5.74) is 23.8. The van der Waals surface area contributed by atoms with E-state index in [0.717, 1.165) is 11.3 Å². The van der Waals surface area contributed by atoms with Crippen molar-refractivity contribution in [1.29, 1.82) is 0 Å². The number of para-hydroxylation sites is 2. The summed E-state index contributed by atoms with van der Waals surface area (Å²) >= 11 is 0. The third-order valence-electron chi connectivity index (χ3n) is 14.8. The highest BCUT2D eigenvalue weighted by Crippen LogP contribution is 2.59. The van der Waals surface area contributed by atoms with Crippen molar-refractivity contribution >= 4 is 44.6 Å². The average Bonchev–Trinajstić information content (AvgIpc) is 4.05. The summed E-state index contributed by atoms with van der Waals surface area (Å²) < 4.78 is 2.39. The molecule has 0 fully saturated rings. The Morgan fingerprint density at radius 1 is 0.423 bits per heavy atom. The summed E-state index contributed by atoms with van der Waals surface area (Å²) in [6.45, 7) is 2.11. The van der Waals surface area contributed by atoms with Crippen molar-refractivity contribution in [3.05, 3.63) is 329 Å². The second-order valence-electron chi connectivity index (χ2n) is 18.7. The molecule has 0 N–H and O–H groups in total. The number of fused-ring (bicyclic) bond motifs is 7. The Balaban J connectivity index is 1.06. The summed E-state index contributed by atoms with van der Waals surface area (Å²) in [6, 6.07) is 94.0. The summed E-state index contributed by atoms with van der Waals surface area (Å²) in [5, 5.41) is 2.48. The Morgan fingerprint density at radius 2 is 0.958 bits per heavy atom. The maximum Gasteiger partial charge on any atom is 0.0713 e. The maximum absolute atomic E-state index is 2.49. The Bertz CT molecular complexity index is 3860. The van der Waals surface area contributed by atoms with Gasteiger partial charge in [-0.1, -0.05) is 231 Å². The highest BCUT2D eigenvalue weighted by atomic mass is 15.0. The van der Waals surface area contributed by atoms with Crippen LogP contribution < -0.4 is 0 Å². The van der Waals surface area contributed by atoms with Crippen LogP contribution in [0.25, 0.3) is 72.5 Å². The molecule has 0 saturated heterocycles. The van der Waals surface area contributed by atoms with Gasteiger partial charge in [0.05, 0.1) is 16.4 Å². The van der Waals surface area contributed by atoms with Crippen LogP contribution in [0.5, 0.6) is 0 Å². The fraction of sp³-hybridized carbons (Fsp3) is 0.0286. The summed E-state index contributed by atoms with van der Waals surface area (Å²) in [4.78, 5) is 0. The van der Waals surface area contributed by atoms with E-state index in [9.17, 15) is 0 Å². The maximum atomic E-state index is 2.49. The van der Waals surface area contributed by atoms with Crippen molar-refractivity contribution in [3.8, 4) is 27.9 Å². The van der Waals surface area contributed by atoms with Gasteiger partial charge in [0.25, 0.3) is 0 Å². The molecule has 1 heteroatoms. The van der Waals surface area contributed by atoms with E-state index in [0.29, 0.717) is 0 Å². The van der Waals surface area contributed by atoms with Crippen molar-refractivity contribution in [3.63, 3.8) is 0 Å². The summed E-state index contributed by atoms with van der Waals surface area (Å²) in [6.07, 6.45) is 9.17. The third-order valence-corrected chi connectivity index (χ3v) is 14.8. The van der Waals surface area contributed by atoms with Crippen molar-refractivity contribution in [1.82, 2.24) is 4.57 Å². The predicted octanol–water partition coefficient (Wildman–Crippen LogP) is 17.8. The summed E-state index contributed by atoms with van der Waals surface area (Å²) in [5.74, 6) is 0. The van der Waals surface area contributed by atoms with Crippen LogP contribution >= 0.6 is 0 Å². The van der Waals surface area contributed by atoms with E-state index >= 15 is 0 Å². The molecule has 0 atom stereocenters. The number of nitrogens with zero attached hydrogens (tertiary/aromatic N) is 1. The lowest BCUT2D eigenvalue weighted by Crippen LogP contribution is -2.28. The molecule has 334 valence electrons. The minimum Gasteiger partial charge on any atom is -0.309 e. The Morgan fingerprint density at radius 3 is 1.63 bits per heavy atom. The minimum absolute atomic E-state index is 0.658. The fourth-order valence-corrected chi connectivity index (χ4v) is 11.8. The van der Waals surface area contributed by atoms with Gasteiger partial charge in [0.1, 0.15) is 0 Å². The van der Waals surface area contributed by atoms with E-state index in [-0.39, 0.29) is 0 Å². The molecule has 0 unspecified atom stereocenters. The van der Waals surface area contributed by atoms with Gasteiger partial charge in [0.2, 0.25) is 0 Å². The standard InChI is InChI=1S/C70H49N/c1-2-3-33-58-59-42-39-52(51-40-43-67-62(46-51)60-35-21-22-37-66(60)71(67)55-31-17-8-18-32-55)47-65(59)70(53-27-13-6-14-28-53,54-29-15-7-16-30-54)64(58)45-48-38-41-57-56-34-19-20-36-61(56)69(63(57)44-48)68(49-23-9-4-10-24-49)50-25-11-5-12-26-50/h2-47H,1H3/b3-2+,58-33-,64-45+. The van der Waals surface area contributed by atoms with Crippen LogP contribution in [0.3, 0.4) is 0 Å². The van der Waals surface area contributed by atoms with Gasteiger partial charge in [-0.25, -0.2) is 0 Å². The van der Waals surface area contributed by atoms with Crippen molar-refractivity contribution in [2.45, 2.75) is 12.3 Å². The van der Waals surface area contributed by atoms with Gasteiger partial charge in [-0.15, -0.1) is 0 Å². The summed E-state index contributed by atoms with van der Waals surface area (Å²) in [7, 11) is 0. The number of benzene rings is 10. The van der Waals surface area contributed by atoms with Crippen molar-refractivity contribution in [2.24, 2.45) is 0 Å². The Labute approximate surface area is 416 Å². The van der Waals surface area contributed by atoms with Crippen molar-refractivity contribution in [2.75, 3.05) is 0 Å². The first kappa shape index (κ1) is 42.1. The second kappa shape index (κ2) is 17.5. The van der Waals surface area contributed by atoms with Gasteiger partial charge in [0.15, 0.2) is 0 Å². The topological polar surface area (TPSA) is 4.93 Å². The number of allylic oxidation sites excluding steroid dienone is 5. The SMILES string of the molecule is C/C=C/C=C1\C(=C/c2ccc3c(c2)C(=C(c2ccccc2)c2ccccc2)c2ccccc2-3)C(c2ccccc2)(c2ccccc2)c2cc(-c3ccc4c(c3)c3ccccc3n4-c3ccccc3)ccc21. The molecule has 2 aliphatic carbocycles. The molecule has 0 amide bonds. The number of hydrogen-bond donors (Lipinski definition) is 0. The van der Waals surface area contributed by atoms with E-state index in [1.807, 2.05) is 0 Å². The zero-order chi connectivity index (χ0) is 47.3. The molecule has 0 aliphatic heterocycles. The zero-order valence-electron chi connectivity index (χ0n) is 39.5. The fourth-order valence-electron chi connectivity index (χ4n) is 11.8. The molecule has 0 bridgehead atoms. The van der Waals surface area contributed by atoms with E-state index < -0.39 is 5.41 Å². The van der Waals surface area contributed by atoms with Crippen LogP contribution in [0.1, 0.15) is 57.0 Å². The number of rotatable bonds is 8. The molecular formula is C70H49N. The minimum atomic E-state index is -0.658. The molecule has 71 heavy (non-hydrogen) atoms. The normalized spacial score (nSPS) is 14.6. The molecule has 1 nitrogen and oxygen atoms in total. The van der Waals surface area contributed by atoms with Crippen LogP contribution in [0.4, 0.5) is 0 Å². The van der Waals surface area contributed by atoms with Gasteiger partial charge in [-0.05, 0) is 150 Å². The van der Waals surface area contributed by atoms with Gasteiger partial charge < -0.3 is 4.57 Å². The van der Waals surface area contributed by atoms with Gasteiger partial charge in [-0.3, -0.25) is 0 Å². The molecule has 2 aliphatic rings. The smallest absolute Gasteiger partial charge is 0.0713 e. The first-order valence-electron chi connectivity index (χ1n) is 24.7. The van der Waals surface area contributed by atoms with E-state index in [4.69, 9.17) is 0 Å². The lowest BCUT2D eigenvalue weighted by molar-refractivity contribution is 0.774. The molecular weight excluding hydrogens is 855 g/mol. The lowest BCUT2D eigenvalue weighted by Gasteiger charge is -2.34. The van der Waals surface area contributed by atoms with Crippen molar-refractivity contribution < 1.29 is 0 Å². The zero-order valence-corrected chi connectivity index (χ0v) is 39.5. The molecule has 0 saturated carbocycles. The molecule has 0 spiro atoms. The van der Waals surface area contributed by atoms with E-state index in [1.165, 1.54) is 111 Å². The molecule has 1 heterocycles. The Hall–Kier alpha value is -9.04. The van der Waals surface area contributed by atoms with Crippen LogP contribution in [0.2, 0.25) is 0 Å². The van der Waals surface area contributed by atoms with E-state index in [1.54, 1.807) is 0 Å². The lowest BCUT2D eigenvalue weighted by atomic mass is 9.67. The highest BCUT2D eigenvalue weighted by Gasteiger charge is 2.48. The first-order valence-corrected chi connectivity index (χ1v) is 24.7. The number of hydrogen-bond acceptors (Lipinski definition) is 0. The molecule has 1 aromatic heterocycles. The van der Waals surface area contributed by atoms with Crippen LogP contribution in [-0.2, 0) is 5.41 Å². The monoisotopic (exact) mass is 903 g/mol. The largest absolute Gasteiger partial charge is 0.309 e. The second-order valence-corrected chi connectivity index (χ2v) is 18.7. The molecule has 0 radical (unpaired) electrons. The molecule has 11 aromatic rings. The average molecular weight is 904 g/mol. The van der Waals surface area contributed by atoms with Crippen LogP contribution in [-0.4, -0.2) is 4.57 Å². The van der Waals surface area contributed by atoms with Crippen LogP contribution in [0, 0.1) is 0 Å². The number of aromatic nitrogens is 1. The van der Waals surface area contributed by atoms with Crippen LogP contribution in [0.15, 0.2) is 279 Å². The highest BCUT2D eigenvalue weighted by molar-refractivity contribution is 6.14. The third kappa shape index (κ3) is 6.84. The predicted molar refractivity (Wildman–Crippen MR) is 300 cm³/mol. The van der Waals surface area contributed by atoms with Gasteiger partial charge >= 0.3 is 0 Å². The van der Waals surface area contributed by atoms with Gasteiger partial charge in [-0.2, -0.15) is 0 Å². The Kier molecular flexibility index (Phi) is 10.4. The van der Waals surface area contributed by atoms with E-state index in [2.05, 4.69) is 291 Å². The molecule has 13 rings (SSSR count). The molecule has 10 aromatic carbocycles. The quantitative estimate of drug-likeness (QED) is 0.143.